The highest BCUT2D eigenvalue weighted by Gasteiger charge is 2.53. The zero-order valence-corrected chi connectivity index (χ0v) is 29.9. The Morgan fingerprint density at radius 3 is 2.55 bits per heavy atom. The minimum atomic E-state index is -0.505. The first-order chi connectivity index (χ1) is 23.3. The molecule has 0 bridgehead atoms. The van der Waals surface area contributed by atoms with Gasteiger partial charge in [-0.05, 0) is 101 Å². The number of benzene rings is 1. The molecule has 2 aliphatic carbocycles. The molecule has 11 nitrogen and oxygen atoms in total. The van der Waals surface area contributed by atoms with Crippen LogP contribution >= 0.6 is 11.6 Å². The summed E-state index contributed by atoms with van der Waals surface area (Å²) in [6.45, 7) is 15.7. The van der Waals surface area contributed by atoms with Gasteiger partial charge in [0, 0.05) is 66.9 Å². The van der Waals surface area contributed by atoms with Crippen molar-refractivity contribution in [3.63, 3.8) is 0 Å². The molecule has 49 heavy (non-hydrogen) atoms. The second-order valence-corrected chi connectivity index (χ2v) is 16.2. The lowest BCUT2D eigenvalue weighted by atomic mass is 9.68. The van der Waals surface area contributed by atoms with Gasteiger partial charge < -0.3 is 19.7 Å². The van der Waals surface area contributed by atoms with E-state index in [1.165, 1.54) is 12.1 Å². The predicted octanol–water partition coefficient (Wildman–Crippen LogP) is 6.94. The van der Waals surface area contributed by atoms with Crippen LogP contribution in [0.2, 0.25) is 5.28 Å². The topological polar surface area (TPSA) is 118 Å². The predicted molar refractivity (Wildman–Crippen MR) is 184 cm³/mol. The second kappa shape index (κ2) is 12.9. The number of aryl methyl sites for hydroxylation is 1. The Balaban J connectivity index is 1.04. The summed E-state index contributed by atoms with van der Waals surface area (Å²) < 4.78 is 26.5. The maximum Gasteiger partial charge on any atom is 0.407 e. The molecule has 7 rings (SSSR count). The summed E-state index contributed by atoms with van der Waals surface area (Å²) in [5, 5.41) is 11.4. The number of alkyl carbamates (subject to hydrolysis) is 1. The minimum absolute atomic E-state index is 0.0419. The fourth-order valence-electron chi connectivity index (χ4n) is 8.03. The van der Waals surface area contributed by atoms with Crippen molar-refractivity contribution in [3.05, 3.63) is 47.0 Å². The van der Waals surface area contributed by atoms with Crippen LogP contribution in [0.25, 0.3) is 11.1 Å². The fraction of sp³-hybridized carbons (Fsp3) is 0.611. The summed E-state index contributed by atoms with van der Waals surface area (Å²) in [6, 6.07) is 5.05. The van der Waals surface area contributed by atoms with Gasteiger partial charge in [-0.15, -0.1) is 10.2 Å². The van der Waals surface area contributed by atoms with Gasteiger partial charge in [-0.25, -0.2) is 19.2 Å². The number of likely N-dealkylation sites (tertiary alicyclic amines) is 1. The Kier molecular flexibility index (Phi) is 8.92. The SMILES string of the molecule is Cc1ncc(-c2cc(F)ccc2Oc2nnc(Cl)nc2N2CCC3(C2)CN([C@H](C(C)C)C2CC(NC(=O)OC(C)(C)C)C2)C3)c(C2CC2)n1. The van der Waals surface area contributed by atoms with Crippen LogP contribution in [0.15, 0.2) is 24.4 Å². The molecule has 2 saturated carbocycles. The van der Waals surface area contributed by atoms with Gasteiger partial charge in [0.25, 0.3) is 5.88 Å². The van der Waals surface area contributed by atoms with Crippen LogP contribution in [-0.2, 0) is 4.74 Å². The molecule has 1 amide bonds. The van der Waals surface area contributed by atoms with Crippen molar-refractivity contribution in [2.75, 3.05) is 31.1 Å². The maximum absolute atomic E-state index is 14.7. The number of nitrogens with one attached hydrogen (secondary N) is 1. The van der Waals surface area contributed by atoms with E-state index in [0.717, 1.165) is 69.5 Å². The van der Waals surface area contributed by atoms with Gasteiger partial charge in [0.15, 0.2) is 5.82 Å². The quantitative estimate of drug-likeness (QED) is 0.253. The molecular formula is C36H46ClFN8O3. The maximum atomic E-state index is 14.7. The van der Waals surface area contributed by atoms with Crippen LogP contribution in [0.4, 0.5) is 15.0 Å². The first-order valence-electron chi connectivity index (χ1n) is 17.5. The van der Waals surface area contributed by atoms with E-state index in [4.69, 9.17) is 26.1 Å². The third-order valence-electron chi connectivity index (χ3n) is 10.3. The molecule has 3 aromatic rings. The molecule has 0 radical (unpaired) electrons. The number of nitrogens with zero attached hydrogens (tertiary/aromatic N) is 7. The van der Waals surface area contributed by atoms with Crippen LogP contribution in [0, 0.1) is 30.0 Å². The number of hydrogen-bond donors (Lipinski definition) is 1. The van der Waals surface area contributed by atoms with E-state index >= 15 is 0 Å². The fourth-order valence-corrected chi connectivity index (χ4v) is 8.14. The number of hydrogen-bond acceptors (Lipinski definition) is 10. The summed E-state index contributed by atoms with van der Waals surface area (Å²) in [5.41, 5.74) is 1.85. The highest BCUT2D eigenvalue weighted by Crippen LogP contribution is 2.49. The first kappa shape index (κ1) is 33.8. The van der Waals surface area contributed by atoms with Gasteiger partial charge in [0.2, 0.25) is 5.28 Å². The molecule has 1 aromatic carbocycles. The average Bonchev–Trinajstić information content (AvgIpc) is 3.74. The summed E-state index contributed by atoms with van der Waals surface area (Å²) in [5.74, 6) is 2.85. The van der Waals surface area contributed by atoms with Crippen LogP contribution < -0.4 is 15.0 Å². The van der Waals surface area contributed by atoms with Crippen LogP contribution in [-0.4, -0.2) is 80.0 Å². The summed E-state index contributed by atoms with van der Waals surface area (Å²) >= 11 is 6.30. The molecule has 1 atom stereocenters. The lowest BCUT2D eigenvalue weighted by Crippen LogP contribution is -2.65. The number of amides is 1. The lowest BCUT2D eigenvalue weighted by Gasteiger charge is -2.56. The summed E-state index contributed by atoms with van der Waals surface area (Å²) in [6.07, 6.45) is 6.45. The van der Waals surface area contributed by atoms with Gasteiger partial charge >= 0.3 is 6.09 Å². The molecule has 2 saturated heterocycles. The average molecular weight is 693 g/mol. The normalized spacial score (nSPS) is 22.5. The van der Waals surface area contributed by atoms with Crippen molar-refractivity contribution < 1.29 is 18.7 Å². The van der Waals surface area contributed by atoms with E-state index in [1.807, 2.05) is 27.7 Å². The van der Waals surface area contributed by atoms with E-state index < -0.39 is 5.60 Å². The summed E-state index contributed by atoms with van der Waals surface area (Å²) in [4.78, 5) is 30.8. The Hall–Kier alpha value is -3.64. The largest absolute Gasteiger partial charge is 0.444 e. The molecule has 0 unspecified atom stereocenters. The molecule has 4 aliphatic rings. The van der Waals surface area contributed by atoms with E-state index in [-0.39, 0.29) is 34.5 Å². The molecule has 4 heterocycles. The minimum Gasteiger partial charge on any atom is -0.444 e. The number of anilines is 1. The Morgan fingerprint density at radius 2 is 1.86 bits per heavy atom. The van der Waals surface area contributed by atoms with E-state index in [1.54, 1.807) is 12.3 Å². The molecule has 1 N–H and O–H groups in total. The highest BCUT2D eigenvalue weighted by molar-refractivity contribution is 6.28. The number of carbonyl (C=O) groups is 1. The van der Waals surface area contributed by atoms with Gasteiger partial charge in [-0.3, -0.25) is 4.90 Å². The third-order valence-corrected chi connectivity index (χ3v) is 10.4. The Labute approximate surface area is 292 Å². The van der Waals surface area contributed by atoms with E-state index in [2.05, 4.69) is 49.1 Å². The number of rotatable bonds is 9. The van der Waals surface area contributed by atoms with Gasteiger partial charge in [-0.2, -0.15) is 4.98 Å². The van der Waals surface area contributed by atoms with Crippen molar-refractivity contribution in [2.24, 2.45) is 17.3 Å². The van der Waals surface area contributed by atoms with Crippen molar-refractivity contribution in [3.8, 4) is 22.8 Å². The molecular weight excluding hydrogens is 647 g/mol. The molecule has 2 aliphatic heterocycles. The Morgan fingerprint density at radius 1 is 1.10 bits per heavy atom. The van der Waals surface area contributed by atoms with Crippen molar-refractivity contribution >= 4 is 23.5 Å². The summed E-state index contributed by atoms with van der Waals surface area (Å²) in [7, 11) is 0. The number of aromatic nitrogens is 5. The second-order valence-electron chi connectivity index (χ2n) is 15.8. The van der Waals surface area contributed by atoms with E-state index in [0.29, 0.717) is 46.8 Å². The monoisotopic (exact) mass is 692 g/mol. The standard InChI is InChI=1S/C36H46ClFN8O3/c1-20(2)30(23-13-25(14-23)41-34(47)49-35(4,5)6)46-18-36(19-46)11-12-45(17-36)31-32(43-44-33(37)42-31)48-28-10-9-24(38)15-26(28)27-16-39-21(3)40-29(27)22-7-8-22/h9-10,15-16,20,22-23,25,30H,7-8,11-14,17-19H2,1-6H3,(H,41,47)/t23?,25?,30-/m1/s1. The number of halogens is 2. The smallest absolute Gasteiger partial charge is 0.407 e. The van der Waals surface area contributed by atoms with Crippen LogP contribution in [0.5, 0.6) is 11.6 Å². The molecule has 4 fully saturated rings. The van der Waals surface area contributed by atoms with Crippen molar-refractivity contribution in [1.82, 2.24) is 35.4 Å². The van der Waals surface area contributed by atoms with Crippen molar-refractivity contribution in [2.45, 2.75) is 97.2 Å². The van der Waals surface area contributed by atoms with Gasteiger partial charge in [0.1, 0.15) is 23.0 Å². The molecule has 13 heteroatoms. The molecule has 2 aromatic heterocycles. The van der Waals surface area contributed by atoms with Gasteiger partial charge in [-0.1, -0.05) is 13.8 Å². The number of carbonyl (C=O) groups excluding carboxylic acids is 1. The molecule has 1 spiro atoms. The zero-order valence-electron chi connectivity index (χ0n) is 29.2. The lowest BCUT2D eigenvalue weighted by molar-refractivity contribution is -0.0691. The molecule has 262 valence electrons. The highest BCUT2D eigenvalue weighted by atomic mass is 35.5. The van der Waals surface area contributed by atoms with E-state index in [9.17, 15) is 9.18 Å². The third kappa shape index (κ3) is 7.31. The van der Waals surface area contributed by atoms with Crippen molar-refractivity contribution in [1.29, 1.82) is 0 Å². The van der Waals surface area contributed by atoms with Crippen LogP contribution in [0.1, 0.15) is 84.2 Å². The van der Waals surface area contributed by atoms with Gasteiger partial charge in [0.05, 0.1) is 5.69 Å². The van der Waals surface area contributed by atoms with Crippen LogP contribution in [0.3, 0.4) is 0 Å². The zero-order chi connectivity index (χ0) is 34.7. The first-order valence-corrected chi connectivity index (χ1v) is 17.8. The number of ether oxygens (including phenoxy) is 2. The Bertz CT molecular complexity index is 1720.